The van der Waals surface area contributed by atoms with Gasteiger partial charge in [0, 0.05) is 24.1 Å². The maximum atomic E-state index is 12.9. The molecular weight excluding hydrogens is 394 g/mol. The largest absolute Gasteiger partial charge is 0.449 e. The lowest BCUT2D eigenvalue weighted by atomic mass is 9.78. The Morgan fingerprint density at radius 1 is 1.23 bits per heavy atom. The molecule has 0 aromatic heterocycles. The molecule has 0 unspecified atom stereocenters. The molecular formula is C20H19N3O7. The minimum absolute atomic E-state index is 0.0155. The molecule has 1 aromatic carbocycles. The predicted octanol–water partition coefficient (Wildman–Crippen LogP) is 2.33. The number of carbonyl (C=O) groups excluding carboxylic acids is 1. The number of hydrogen-bond acceptors (Lipinski definition) is 8. The molecule has 30 heavy (non-hydrogen) atoms. The van der Waals surface area contributed by atoms with Crippen LogP contribution in [0.1, 0.15) is 37.4 Å². The summed E-state index contributed by atoms with van der Waals surface area (Å²) in [6.07, 6.45) is 5.75. The van der Waals surface area contributed by atoms with Gasteiger partial charge in [0.05, 0.1) is 33.1 Å². The molecule has 1 aliphatic carbocycles. The Kier molecular flexibility index (Phi) is 4.06. The summed E-state index contributed by atoms with van der Waals surface area (Å²) in [7, 11) is 0. The molecule has 4 aliphatic rings. The lowest BCUT2D eigenvalue weighted by molar-refractivity contribution is -0.394. The lowest BCUT2D eigenvalue weighted by Crippen LogP contribution is -2.48. The van der Waals surface area contributed by atoms with E-state index >= 15 is 0 Å². The molecule has 3 heterocycles. The number of nitrogens with zero attached hydrogens (tertiary/aromatic N) is 3. The standard InChI is InChI=1S/C20H19N3O7/c24-18(13-6-4-11(22(26)27)9-15(13)23(28)29)17-14-7-5-12-10-20(14,30-19(17)25)16-3-1-2-8-21(12)16/h4-7,9,12,16,18,24H,1-3,8,10H2/t12-,16-,18-,20+/m1/s1. The van der Waals surface area contributed by atoms with Gasteiger partial charge < -0.3 is 9.84 Å². The van der Waals surface area contributed by atoms with Gasteiger partial charge in [-0.05, 0) is 25.5 Å². The average Bonchev–Trinajstić information content (AvgIpc) is 3.17. The first-order chi connectivity index (χ1) is 14.3. The number of esters is 1. The zero-order valence-corrected chi connectivity index (χ0v) is 15.9. The number of aliphatic hydroxyl groups excluding tert-OH is 1. The molecule has 1 N–H and O–H groups in total. The zero-order valence-electron chi connectivity index (χ0n) is 15.9. The fraction of sp³-hybridized carbons (Fsp3) is 0.450. The molecule has 4 atom stereocenters. The third-order valence-corrected chi connectivity index (χ3v) is 6.74. The predicted molar refractivity (Wildman–Crippen MR) is 102 cm³/mol. The third-order valence-electron chi connectivity index (χ3n) is 6.74. The summed E-state index contributed by atoms with van der Waals surface area (Å²) >= 11 is 0. The normalized spacial score (nSPS) is 30.6. The average molecular weight is 413 g/mol. The van der Waals surface area contributed by atoms with E-state index in [1.165, 1.54) is 0 Å². The number of nitro groups is 2. The lowest BCUT2D eigenvalue weighted by Gasteiger charge is -2.37. The number of piperidine rings is 1. The molecule has 5 rings (SSSR count). The Morgan fingerprint density at radius 3 is 2.77 bits per heavy atom. The Balaban J connectivity index is 1.62. The van der Waals surface area contributed by atoms with E-state index in [1.807, 2.05) is 6.08 Å². The van der Waals surface area contributed by atoms with Crippen molar-refractivity contribution in [2.75, 3.05) is 6.54 Å². The van der Waals surface area contributed by atoms with Crippen LogP contribution in [0.2, 0.25) is 0 Å². The van der Waals surface area contributed by atoms with Crippen molar-refractivity contribution in [1.29, 1.82) is 0 Å². The highest BCUT2D eigenvalue weighted by atomic mass is 16.6. The fourth-order valence-corrected chi connectivity index (χ4v) is 5.49. The summed E-state index contributed by atoms with van der Waals surface area (Å²) in [5.41, 5.74) is -1.54. The van der Waals surface area contributed by atoms with E-state index in [0.717, 1.165) is 44.0 Å². The molecule has 0 saturated carbocycles. The number of carbonyl (C=O) groups is 1. The first-order valence-electron chi connectivity index (χ1n) is 9.86. The topological polar surface area (TPSA) is 136 Å². The molecule has 2 fully saturated rings. The third kappa shape index (κ3) is 2.47. The number of ether oxygens (including phenoxy) is 1. The summed E-state index contributed by atoms with van der Waals surface area (Å²) in [6.45, 7) is 0.915. The van der Waals surface area contributed by atoms with Gasteiger partial charge in [-0.15, -0.1) is 0 Å². The van der Waals surface area contributed by atoms with Crippen LogP contribution in [-0.2, 0) is 9.53 Å². The van der Waals surface area contributed by atoms with Gasteiger partial charge in [-0.2, -0.15) is 0 Å². The number of hydrogen-bond donors (Lipinski definition) is 1. The second-order valence-electron chi connectivity index (χ2n) is 8.15. The Labute approximate surface area is 170 Å². The molecule has 1 aromatic rings. The van der Waals surface area contributed by atoms with Gasteiger partial charge in [-0.1, -0.05) is 18.6 Å². The van der Waals surface area contributed by atoms with Gasteiger partial charge >= 0.3 is 5.97 Å². The van der Waals surface area contributed by atoms with Crippen molar-refractivity contribution in [2.24, 2.45) is 0 Å². The van der Waals surface area contributed by atoms with E-state index in [4.69, 9.17) is 4.74 Å². The van der Waals surface area contributed by atoms with E-state index in [9.17, 15) is 30.1 Å². The second-order valence-corrected chi connectivity index (χ2v) is 8.15. The SMILES string of the molecule is O=C1O[C@@]23C[C@@H](C=CC2=C1[C@H](O)c1ccc([N+](=O)[O-])cc1[N+](=O)[O-])N1CCCC[C@@H]13. The van der Waals surface area contributed by atoms with E-state index < -0.39 is 38.9 Å². The minimum atomic E-state index is -1.62. The summed E-state index contributed by atoms with van der Waals surface area (Å²) in [6, 6.07) is 3.19. The molecule has 2 saturated heterocycles. The quantitative estimate of drug-likeness (QED) is 0.451. The number of aliphatic hydroxyl groups is 1. The summed E-state index contributed by atoms with van der Waals surface area (Å²) in [5.74, 6) is -0.692. The molecule has 2 bridgehead atoms. The molecule has 1 spiro atoms. The van der Waals surface area contributed by atoms with Crippen LogP contribution >= 0.6 is 0 Å². The van der Waals surface area contributed by atoms with Gasteiger partial charge in [0.2, 0.25) is 0 Å². The first-order valence-corrected chi connectivity index (χ1v) is 9.86. The van der Waals surface area contributed by atoms with Crippen molar-refractivity contribution in [3.63, 3.8) is 0 Å². The fourth-order valence-electron chi connectivity index (χ4n) is 5.49. The monoisotopic (exact) mass is 413 g/mol. The number of benzene rings is 1. The summed E-state index contributed by atoms with van der Waals surface area (Å²) in [5, 5.41) is 33.5. The summed E-state index contributed by atoms with van der Waals surface area (Å²) in [4.78, 5) is 36.2. The van der Waals surface area contributed by atoms with Crippen LogP contribution in [0.3, 0.4) is 0 Å². The molecule has 156 valence electrons. The zero-order chi connectivity index (χ0) is 21.2. The van der Waals surface area contributed by atoms with Crippen LogP contribution in [0, 0.1) is 20.2 Å². The second kappa shape index (κ2) is 6.44. The van der Waals surface area contributed by atoms with Crippen LogP contribution in [0.5, 0.6) is 0 Å². The van der Waals surface area contributed by atoms with Crippen molar-refractivity contribution in [2.45, 2.75) is 49.5 Å². The van der Waals surface area contributed by atoms with E-state index in [2.05, 4.69) is 4.90 Å². The molecule has 10 nitrogen and oxygen atoms in total. The molecule has 0 radical (unpaired) electrons. The number of rotatable bonds is 4. The van der Waals surface area contributed by atoms with Gasteiger partial charge in [0.1, 0.15) is 6.10 Å². The van der Waals surface area contributed by atoms with Gasteiger partial charge in [-0.25, -0.2) is 4.79 Å². The molecule has 3 aliphatic heterocycles. The van der Waals surface area contributed by atoms with Gasteiger partial charge in [0.15, 0.2) is 5.60 Å². The van der Waals surface area contributed by atoms with Crippen molar-refractivity contribution in [1.82, 2.24) is 4.90 Å². The van der Waals surface area contributed by atoms with Crippen LogP contribution in [0.15, 0.2) is 41.5 Å². The smallest absolute Gasteiger partial charge is 0.338 e. The van der Waals surface area contributed by atoms with Crippen LogP contribution in [0.25, 0.3) is 0 Å². The van der Waals surface area contributed by atoms with E-state index in [1.54, 1.807) is 6.08 Å². The Hall–Kier alpha value is -3.11. The number of non-ortho nitro benzene ring substituents is 1. The van der Waals surface area contributed by atoms with Crippen molar-refractivity contribution >= 4 is 17.3 Å². The van der Waals surface area contributed by atoms with E-state index in [-0.39, 0.29) is 23.2 Å². The highest BCUT2D eigenvalue weighted by Gasteiger charge is 2.62. The van der Waals surface area contributed by atoms with Gasteiger partial charge in [0.25, 0.3) is 11.4 Å². The maximum Gasteiger partial charge on any atom is 0.338 e. The van der Waals surface area contributed by atoms with Crippen molar-refractivity contribution in [3.05, 3.63) is 67.3 Å². The van der Waals surface area contributed by atoms with Crippen molar-refractivity contribution < 1.29 is 24.5 Å². The maximum absolute atomic E-state index is 12.9. The summed E-state index contributed by atoms with van der Waals surface area (Å²) < 4.78 is 5.89. The highest BCUT2D eigenvalue weighted by Crippen LogP contribution is 2.54. The highest BCUT2D eigenvalue weighted by molar-refractivity contribution is 5.96. The van der Waals surface area contributed by atoms with Crippen LogP contribution in [-0.4, -0.2) is 50.1 Å². The first kappa shape index (κ1) is 18.9. The molecule has 10 heteroatoms. The minimum Gasteiger partial charge on any atom is -0.449 e. The number of fused-ring (bicyclic) bond motifs is 3. The van der Waals surface area contributed by atoms with Crippen LogP contribution in [0.4, 0.5) is 11.4 Å². The number of nitro benzene ring substituents is 2. The van der Waals surface area contributed by atoms with E-state index in [0.29, 0.717) is 12.0 Å². The van der Waals surface area contributed by atoms with Crippen molar-refractivity contribution in [3.8, 4) is 0 Å². The Morgan fingerprint density at radius 2 is 2.03 bits per heavy atom. The molecule has 0 amide bonds. The van der Waals surface area contributed by atoms with Gasteiger partial charge in [-0.3, -0.25) is 25.1 Å². The Bertz CT molecular complexity index is 1050. The van der Waals surface area contributed by atoms with Crippen LogP contribution < -0.4 is 0 Å².